The summed E-state index contributed by atoms with van der Waals surface area (Å²) in [6.07, 6.45) is 3.06. The van der Waals surface area contributed by atoms with Gasteiger partial charge < -0.3 is 5.11 Å². The quantitative estimate of drug-likeness (QED) is 0.635. The van der Waals surface area contributed by atoms with Gasteiger partial charge in [0, 0.05) is 26.2 Å². The topological polar surface area (TPSA) is 69.6 Å². The highest BCUT2D eigenvalue weighted by atomic mass is 32.2. The van der Waals surface area contributed by atoms with Crippen LogP contribution in [0.3, 0.4) is 0 Å². The van der Waals surface area contributed by atoms with Gasteiger partial charge >= 0.3 is 0 Å². The van der Waals surface area contributed by atoms with Crippen LogP contribution in [0.25, 0.3) is 0 Å². The van der Waals surface area contributed by atoms with Gasteiger partial charge in [0.15, 0.2) is 0 Å². The summed E-state index contributed by atoms with van der Waals surface area (Å²) in [5.41, 5.74) is 0. The van der Waals surface area contributed by atoms with Crippen LogP contribution in [-0.2, 0) is 10.2 Å². The zero-order valence-corrected chi connectivity index (χ0v) is 11.3. The first-order valence-electron chi connectivity index (χ1n) is 5.82. The van der Waals surface area contributed by atoms with Crippen molar-refractivity contribution in [2.45, 2.75) is 45.6 Å². The largest absolute Gasteiger partial charge is 0.396 e. The molecule has 5 nitrogen and oxygen atoms in total. The van der Waals surface area contributed by atoms with Crippen molar-refractivity contribution in [3.63, 3.8) is 0 Å². The summed E-state index contributed by atoms with van der Waals surface area (Å²) in [4.78, 5) is 0. The number of nitrogens with one attached hydrogen (secondary N) is 1. The Morgan fingerprint density at radius 1 is 1.38 bits per heavy atom. The molecule has 1 atom stereocenters. The molecule has 0 aromatic carbocycles. The highest BCUT2D eigenvalue weighted by molar-refractivity contribution is 7.87. The minimum Gasteiger partial charge on any atom is -0.396 e. The van der Waals surface area contributed by atoms with Gasteiger partial charge in [0.05, 0.1) is 0 Å². The summed E-state index contributed by atoms with van der Waals surface area (Å²) in [5, 5.41) is 8.65. The molecule has 0 aromatic heterocycles. The Balaban J connectivity index is 4.30. The van der Waals surface area contributed by atoms with E-state index in [1.54, 1.807) is 0 Å². The van der Waals surface area contributed by atoms with Crippen molar-refractivity contribution in [1.82, 2.24) is 9.03 Å². The molecule has 16 heavy (non-hydrogen) atoms. The molecule has 2 N–H and O–H groups in total. The molecule has 0 bridgehead atoms. The van der Waals surface area contributed by atoms with Gasteiger partial charge in [-0.2, -0.15) is 17.4 Å². The molecule has 0 saturated heterocycles. The van der Waals surface area contributed by atoms with Crippen molar-refractivity contribution in [3.05, 3.63) is 0 Å². The van der Waals surface area contributed by atoms with Crippen molar-refractivity contribution < 1.29 is 13.5 Å². The maximum absolute atomic E-state index is 11.8. The van der Waals surface area contributed by atoms with Crippen molar-refractivity contribution in [1.29, 1.82) is 0 Å². The summed E-state index contributed by atoms with van der Waals surface area (Å²) in [7, 11) is -1.87. The van der Waals surface area contributed by atoms with E-state index in [2.05, 4.69) is 4.72 Å². The highest BCUT2D eigenvalue weighted by Gasteiger charge is 2.20. The molecule has 0 rings (SSSR count). The summed E-state index contributed by atoms with van der Waals surface area (Å²) in [5.74, 6) is 0. The molecule has 0 aromatic rings. The highest BCUT2D eigenvalue weighted by Crippen LogP contribution is 2.05. The van der Waals surface area contributed by atoms with Gasteiger partial charge in [0.1, 0.15) is 0 Å². The summed E-state index contributed by atoms with van der Waals surface area (Å²) in [6.45, 7) is 4.35. The molecule has 0 fully saturated rings. The fourth-order valence-corrected chi connectivity index (χ4v) is 2.66. The number of hydrogen-bond donors (Lipinski definition) is 2. The summed E-state index contributed by atoms with van der Waals surface area (Å²) < 4.78 is 27.5. The van der Waals surface area contributed by atoms with Crippen molar-refractivity contribution >= 4 is 10.2 Å². The Kier molecular flexibility index (Phi) is 7.91. The Morgan fingerprint density at radius 2 is 2.00 bits per heavy atom. The summed E-state index contributed by atoms with van der Waals surface area (Å²) >= 11 is 0. The van der Waals surface area contributed by atoms with E-state index in [4.69, 9.17) is 5.11 Å². The summed E-state index contributed by atoms with van der Waals surface area (Å²) in [6, 6.07) is 0.00609. The van der Waals surface area contributed by atoms with E-state index in [9.17, 15) is 8.42 Å². The first-order chi connectivity index (χ1) is 7.47. The predicted molar refractivity (Wildman–Crippen MR) is 65.4 cm³/mol. The molecular formula is C10H24N2O3S. The van der Waals surface area contributed by atoms with Crippen molar-refractivity contribution in [2.24, 2.45) is 0 Å². The molecule has 0 amide bonds. The number of hydrogen-bond acceptors (Lipinski definition) is 3. The van der Waals surface area contributed by atoms with E-state index in [-0.39, 0.29) is 12.6 Å². The molecule has 0 aliphatic rings. The van der Waals surface area contributed by atoms with E-state index < -0.39 is 10.2 Å². The standard InChI is InChI=1S/C10H24N2O3S/c1-4-7-10(5-2)11-16(14,15)12(3)8-6-9-13/h10-11,13H,4-9H2,1-3H3. The van der Waals surface area contributed by atoms with Crippen molar-refractivity contribution in [3.8, 4) is 0 Å². The Morgan fingerprint density at radius 3 is 2.44 bits per heavy atom. The fraction of sp³-hybridized carbons (Fsp3) is 1.00. The van der Waals surface area contributed by atoms with Crippen LogP contribution in [0.5, 0.6) is 0 Å². The smallest absolute Gasteiger partial charge is 0.279 e. The lowest BCUT2D eigenvalue weighted by Gasteiger charge is -2.22. The predicted octanol–water partition coefficient (Wildman–Crippen LogP) is 0.714. The van der Waals surface area contributed by atoms with Crippen LogP contribution in [-0.4, -0.2) is 44.1 Å². The van der Waals surface area contributed by atoms with Gasteiger partial charge in [0.2, 0.25) is 0 Å². The van der Waals surface area contributed by atoms with E-state index in [0.717, 1.165) is 19.3 Å². The number of aliphatic hydroxyl groups excluding tert-OH is 1. The second-order valence-electron chi connectivity index (χ2n) is 3.92. The second kappa shape index (κ2) is 8.00. The molecule has 0 spiro atoms. The Labute approximate surface area is 99.0 Å². The van der Waals surface area contributed by atoms with Gasteiger partial charge in [-0.15, -0.1) is 0 Å². The van der Waals surface area contributed by atoms with Crippen LogP contribution in [0.15, 0.2) is 0 Å². The lowest BCUT2D eigenvalue weighted by atomic mass is 10.1. The zero-order valence-electron chi connectivity index (χ0n) is 10.4. The van der Waals surface area contributed by atoms with Gasteiger partial charge in [-0.05, 0) is 19.3 Å². The van der Waals surface area contributed by atoms with E-state index in [0.29, 0.717) is 13.0 Å². The third-order valence-corrected chi connectivity index (χ3v) is 4.12. The van der Waals surface area contributed by atoms with Crippen LogP contribution in [0, 0.1) is 0 Å². The van der Waals surface area contributed by atoms with E-state index >= 15 is 0 Å². The molecule has 6 heteroatoms. The van der Waals surface area contributed by atoms with Crippen LogP contribution in [0.2, 0.25) is 0 Å². The second-order valence-corrected chi connectivity index (χ2v) is 5.72. The third kappa shape index (κ3) is 5.79. The monoisotopic (exact) mass is 252 g/mol. The van der Waals surface area contributed by atoms with Gasteiger partial charge in [0.25, 0.3) is 10.2 Å². The van der Waals surface area contributed by atoms with E-state index in [1.165, 1.54) is 11.4 Å². The maximum Gasteiger partial charge on any atom is 0.279 e. The van der Waals surface area contributed by atoms with Crippen LogP contribution in [0.1, 0.15) is 39.5 Å². The molecule has 98 valence electrons. The van der Waals surface area contributed by atoms with Crippen molar-refractivity contribution in [2.75, 3.05) is 20.2 Å². The first kappa shape index (κ1) is 15.8. The third-order valence-electron chi connectivity index (χ3n) is 2.49. The normalized spacial score (nSPS) is 14.3. The average Bonchev–Trinajstić information content (AvgIpc) is 2.24. The lowest BCUT2D eigenvalue weighted by Crippen LogP contribution is -2.43. The number of nitrogens with zero attached hydrogens (tertiary/aromatic N) is 1. The molecule has 0 heterocycles. The minimum absolute atomic E-state index is 0.00598. The SMILES string of the molecule is CCCC(CC)NS(=O)(=O)N(C)CCCO. The Bertz CT molecular complexity index is 267. The lowest BCUT2D eigenvalue weighted by molar-refractivity contribution is 0.275. The minimum atomic E-state index is -3.39. The van der Waals surface area contributed by atoms with Crippen LogP contribution < -0.4 is 4.72 Å². The number of rotatable bonds is 9. The molecule has 0 aliphatic carbocycles. The van der Waals surface area contributed by atoms with Gasteiger partial charge in [-0.1, -0.05) is 20.3 Å². The zero-order chi connectivity index (χ0) is 12.6. The molecule has 0 radical (unpaired) electrons. The van der Waals surface area contributed by atoms with E-state index in [1.807, 2.05) is 13.8 Å². The molecular weight excluding hydrogens is 228 g/mol. The molecule has 0 saturated carbocycles. The van der Waals surface area contributed by atoms with Crippen LogP contribution in [0.4, 0.5) is 0 Å². The first-order valence-corrected chi connectivity index (χ1v) is 7.26. The Hall–Kier alpha value is -0.170. The molecule has 0 aliphatic heterocycles. The average molecular weight is 252 g/mol. The van der Waals surface area contributed by atoms with Gasteiger partial charge in [-0.25, -0.2) is 0 Å². The van der Waals surface area contributed by atoms with Gasteiger partial charge in [-0.3, -0.25) is 0 Å². The maximum atomic E-state index is 11.8. The number of aliphatic hydroxyl groups is 1. The van der Waals surface area contributed by atoms with Crippen LogP contribution >= 0.6 is 0 Å². The fourth-order valence-electron chi connectivity index (χ4n) is 1.41. The molecule has 1 unspecified atom stereocenters.